The SMILES string of the molecule is Cc1cc(C(=O)N[C@H](C)c2ccc(C(=C3CC4(C3)CN(C)C4)c3ccc(F)cc3)cc2)cn(N2CCOCC2)c1=O. The third-order valence-corrected chi connectivity index (χ3v) is 8.65. The van der Waals surface area contributed by atoms with Gasteiger partial charge < -0.3 is 20.0 Å². The number of allylic oxidation sites excluding steroid dienone is 1. The molecule has 41 heavy (non-hydrogen) atoms. The van der Waals surface area contributed by atoms with Crippen molar-refractivity contribution in [1.82, 2.24) is 14.9 Å². The van der Waals surface area contributed by atoms with Crippen molar-refractivity contribution < 1.29 is 13.9 Å². The highest BCUT2D eigenvalue weighted by molar-refractivity contribution is 5.94. The van der Waals surface area contributed by atoms with Gasteiger partial charge in [-0.25, -0.2) is 9.07 Å². The number of nitrogens with zero attached hydrogens (tertiary/aromatic N) is 3. The molecule has 6 rings (SSSR count). The minimum Gasteiger partial charge on any atom is -0.378 e. The molecule has 2 aliphatic heterocycles. The van der Waals surface area contributed by atoms with E-state index < -0.39 is 0 Å². The fourth-order valence-electron chi connectivity index (χ4n) is 6.65. The molecule has 8 heteroatoms. The van der Waals surface area contributed by atoms with Crippen molar-refractivity contribution in [3.05, 3.63) is 110 Å². The maximum absolute atomic E-state index is 13.7. The molecule has 2 saturated heterocycles. The molecule has 3 fully saturated rings. The summed E-state index contributed by atoms with van der Waals surface area (Å²) in [6.45, 7) is 8.25. The van der Waals surface area contributed by atoms with Crippen molar-refractivity contribution in [2.75, 3.05) is 51.4 Å². The summed E-state index contributed by atoms with van der Waals surface area (Å²) in [5.74, 6) is -0.467. The molecule has 7 nitrogen and oxygen atoms in total. The summed E-state index contributed by atoms with van der Waals surface area (Å²) in [6, 6.07) is 16.5. The highest BCUT2D eigenvalue weighted by Crippen LogP contribution is 2.54. The third kappa shape index (κ3) is 5.46. The van der Waals surface area contributed by atoms with Gasteiger partial charge in [-0.15, -0.1) is 0 Å². The lowest BCUT2D eigenvalue weighted by atomic mass is 9.59. The van der Waals surface area contributed by atoms with Crippen LogP contribution in [0, 0.1) is 18.2 Å². The van der Waals surface area contributed by atoms with Crippen LogP contribution in [0.5, 0.6) is 0 Å². The average molecular weight is 557 g/mol. The number of morpholine rings is 1. The first-order valence-electron chi connectivity index (χ1n) is 14.4. The van der Waals surface area contributed by atoms with E-state index in [4.69, 9.17) is 4.74 Å². The average Bonchev–Trinajstić information content (AvgIpc) is 2.94. The van der Waals surface area contributed by atoms with E-state index in [2.05, 4.69) is 41.5 Å². The fourth-order valence-corrected chi connectivity index (χ4v) is 6.65. The second-order valence-corrected chi connectivity index (χ2v) is 12.0. The van der Waals surface area contributed by atoms with Gasteiger partial charge in [-0.1, -0.05) is 42.0 Å². The van der Waals surface area contributed by atoms with Gasteiger partial charge >= 0.3 is 0 Å². The Hall–Kier alpha value is -3.75. The molecular weight excluding hydrogens is 519 g/mol. The Bertz CT molecular complexity index is 1520. The van der Waals surface area contributed by atoms with Crippen LogP contribution in [0.4, 0.5) is 4.39 Å². The van der Waals surface area contributed by atoms with Gasteiger partial charge in [-0.3, -0.25) is 9.59 Å². The quantitative estimate of drug-likeness (QED) is 0.491. The zero-order chi connectivity index (χ0) is 28.7. The molecule has 214 valence electrons. The van der Waals surface area contributed by atoms with Gasteiger partial charge in [0.2, 0.25) is 0 Å². The standard InChI is InChI=1S/C33H37FN4O3/c1-22-16-27(19-38(32(22)40)37-12-14-41-15-13-37)31(39)35-23(2)24-4-6-25(7-5-24)30(26-8-10-29(34)11-9-26)28-17-33(18-28)20-36(3)21-33/h4-11,16,19,23H,12-15,17-18,20-21H2,1-3H3,(H,35,39)/t23-/m1/s1. The number of halogens is 1. The maximum atomic E-state index is 13.7. The first kappa shape index (κ1) is 27.4. The number of likely N-dealkylation sites (tertiary alicyclic amines) is 1. The molecule has 1 N–H and O–H groups in total. The fraction of sp³-hybridized carbons (Fsp3) is 0.394. The second kappa shape index (κ2) is 10.9. The minimum atomic E-state index is -0.237. The summed E-state index contributed by atoms with van der Waals surface area (Å²) in [4.78, 5) is 28.4. The zero-order valence-electron chi connectivity index (χ0n) is 24.0. The van der Waals surface area contributed by atoms with Crippen molar-refractivity contribution in [3.63, 3.8) is 0 Å². The summed E-state index contributed by atoms with van der Waals surface area (Å²) in [5, 5.41) is 5.01. The van der Waals surface area contributed by atoms with Gasteiger partial charge in [0.05, 0.1) is 37.9 Å². The number of rotatable bonds is 6. The number of hydrogen-bond acceptors (Lipinski definition) is 5. The summed E-state index contributed by atoms with van der Waals surface area (Å²) in [7, 11) is 2.16. The zero-order valence-corrected chi connectivity index (χ0v) is 24.0. The minimum absolute atomic E-state index is 0.125. The molecule has 1 aliphatic carbocycles. The van der Waals surface area contributed by atoms with E-state index in [1.807, 2.05) is 24.1 Å². The smallest absolute Gasteiger partial charge is 0.271 e. The molecule has 1 amide bonds. The highest BCUT2D eigenvalue weighted by Gasteiger charge is 2.49. The molecule has 1 atom stereocenters. The van der Waals surface area contributed by atoms with Gasteiger partial charge in [-0.2, -0.15) is 0 Å². The first-order valence-corrected chi connectivity index (χ1v) is 14.4. The van der Waals surface area contributed by atoms with E-state index >= 15 is 0 Å². The van der Waals surface area contributed by atoms with Crippen LogP contribution in [0.15, 0.2) is 71.2 Å². The number of benzene rings is 2. The van der Waals surface area contributed by atoms with Crippen molar-refractivity contribution in [2.24, 2.45) is 5.41 Å². The number of aryl methyl sites for hydroxylation is 1. The van der Waals surface area contributed by atoms with Crippen LogP contribution < -0.4 is 15.9 Å². The number of carbonyl (C=O) groups is 1. The van der Waals surface area contributed by atoms with Crippen LogP contribution in [0.2, 0.25) is 0 Å². The lowest BCUT2D eigenvalue weighted by Crippen LogP contribution is -2.58. The van der Waals surface area contributed by atoms with E-state index in [0.29, 0.717) is 42.8 Å². The Morgan fingerprint density at radius 2 is 1.59 bits per heavy atom. The molecule has 3 aliphatic rings. The Balaban J connectivity index is 1.20. The van der Waals surface area contributed by atoms with E-state index in [0.717, 1.165) is 42.6 Å². The van der Waals surface area contributed by atoms with Gasteiger partial charge in [0, 0.05) is 30.3 Å². The number of hydrogen-bond donors (Lipinski definition) is 1. The monoisotopic (exact) mass is 556 g/mol. The van der Waals surface area contributed by atoms with Crippen molar-refractivity contribution in [3.8, 4) is 0 Å². The largest absolute Gasteiger partial charge is 0.378 e. The number of aromatic nitrogens is 1. The number of pyridine rings is 1. The predicted molar refractivity (Wildman–Crippen MR) is 158 cm³/mol. The van der Waals surface area contributed by atoms with E-state index in [1.165, 1.54) is 23.3 Å². The number of carbonyl (C=O) groups excluding carboxylic acids is 1. The van der Waals surface area contributed by atoms with Gasteiger partial charge in [0.15, 0.2) is 0 Å². The molecular formula is C33H37FN4O3. The molecule has 3 heterocycles. The van der Waals surface area contributed by atoms with Crippen LogP contribution in [0.1, 0.15) is 58.4 Å². The molecule has 0 radical (unpaired) electrons. The molecule has 3 aromatic rings. The summed E-state index contributed by atoms with van der Waals surface area (Å²) < 4.78 is 20.7. The van der Waals surface area contributed by atoms with Crippen LogP contribution in [-0.2, 0) is 4.74 Å². The van der Waals surface area contributed by atoms with Crippen LogP contribution >= 0.6 is 0 Å². The summed E-state index contributed by atoms with van der Waals surface area (Å²) in [6.07, 6.45) is 3.77. The van der Waals surface area contributed by atoms with E-state index in [1.54, 1.807) is 23.9 Å². The molecule has 1 aromatic heterocycles. The molecule has 2 aromatic carbocycles. The van der Waals surface area contributed by atoms with Crippen LogP contribution in [0.25, 0.3) is 5.57 Å². The van der Waals surface area contributed by atoms with E-state index in [-0.39, 0.29) is 23.3 Å². The van der Waals surface area contributed by atoms with Crippen molar-refractivity contribution in [1.29, 1.82) is 0 Å². The normalized spacial score (nSPS) is 18.9. The number of amides is 1. The van der Waals surface area contributed by atoms with Gasteiger partial charge in [0.25, 0.3) is 11.5 Å². The van der Waals surface area contributed by atoms with E-state index in [9.17, 15) is 14.0 Å². The predicted octanol–water partition coefficient (Wildman–Crippen LogP) is 4.28. The van der Waals surface area contributed by atoms with Crippen LogP contribution in [0.3, 0.4) is 0 Å². The molecule has 0 bridgehead atoms. The molecule has 1 saturated carbocycles. The third-order valence-electron chi connectivity index (χ3n) is 8.65. The number of ether oxygens (including phenoxy) is 1. The Labute approximate surface area is 240 Å². The Morgan fingerprint density at radius 3 is 2.20 bits per heavy atom. The lowest BCUT2D eigenvalue weighted by Gasteiger charge is -2.56. The van der Waals surface area contributed by atoms with Crippen molar-refractivity contribution in [2.45, 2.75) is 32.7 Å². The topological polar surface area (TPSA) is 66.8 Å². The lowest BCUT2D eigenvalue weighted by molar-refractivity contribution is -0.0106. The van der Waals surface area contributed by atoms with Gasteiger partial charge in [0.1, 0.15) is 5.82 Å². The molecule has 0 unspecified atom stereocenters. The first-order chi connectivity index (χ1) is 19.7. The van der Waals surface area contributed by atoms with Crippen LogP contribution in [-0.4, -0.2) is 61.9 Å². The summed E-state index contributed by atoms with van der Waals surface area (Å²) in [5.41, 5.74) is 6.97. The second-order valence-electron chi connectivity index (χ2n) is 12.0. The summed E-state index contributed by atoms with van der Waals surface area (Å²) >= 11 is 0. The Morgan fingerprint density at radius 1 is 0.976 bits per heavy atom. The van der Waals surface area contributed by atoms with Crippen molar-refractivity contribution >= 4 is 11.5 Å². The Kier molecular flexibility index (Phi) is 7.30. The highest BCUT2D eigenvalue weighted by atomic mass is 19.1. The maximum Gasteiger partial charge on any atom is 0.271 e. The number of nitrogens with one attached hydrogen (secondary N) is 1. The molecule has 1 spiro atoms. The van der Waals surface area contributed by atoms with Gasteiger partial charge in [-0.05, 0) is 74.2 Å².